The van der Waals surface area contributed by atoms with Crippen LogP contribution in [-0.2, 0) is 9.59 Å². The number of aliphatic hydroxyl groups is 1. The fraction of sp³-hybridized carbons (Fsp3) is 0.600. The molecule has 0 aliphatic carbocycles. The zero-order chi connectivity index (χ0) is 14.4. The molecule has 0 aliphatic rings. The van der Waals surface area contributed by atoms with Crippen molar-refractivity contribution in [2.45, 2.75) is 31.1 Å². The Labute approximate surface area is 114 Å². The van der Waals surface area contributed by atoms with E-state index in [4.69, 9.17) is 10.2 Å². The predicted molar refractivity (Wildman–Crippen MR) is 67.8 cm³/mol. The fourth-order valence-electron chi connectivity index (χ4n) is 1.24. The lowest BCUT2D eigenvalue weighted by atomic mass is 10.3. The van der Waals surface area contributed by atoms with Gasteiger partial charge in [-0.15, -0.1) is 10.2 Å². The monoisotopic (exact) mass is 288 g/mol. The van der Waals surface area contributed by atoms with Gasteiger partial charge in [0.1, 0.15) is 12.4 Å². The second-order valence-electron chi connectivity index (χ2n) is 4.04. The first-order valence-electron chi connectivity index (χ1n) is 5.61. The van der Waals surface area contributed by atoms with Gasteiger partial charge in [-0.3, -0.25) is 4.79 Å². The van der Waals surface area contributed by atoms with E-state index in [0.717, 1.165) is 11.8 Å². The van der Waals surface area contributed by atoms with E-state index >= 15 is 0 Å². The molecule has 3 N–H and O–H groups in total. The number of thioether (sulfide) groups is 1. The molecule has 1 amide bonds. The Morgan fingerprint density at radius 3 is 2.74 bits per heavy atom. The van der Waals surface area contributed by atoms with Crippen LogP contribution in [0.25, 0.3) is 0 Å². The van der Waals surface area contributed by atoms with Crippen molar-refractivity contribution in [1.29, 1.82) is 0 Å². The third-order valence-electron chi connectivity index (χ3n) is 2.24. The molecular weight excluding hydrogens is 272 g/mol. The van der Waals surface area contributed by atoms with E-state index in [1.54, 1.807) is 10.9 Å². The minimum atomic E-state index is -1.28. The summed E-state index contributed by atoms with van der Waals surface area (Å²) in [4.78, 5) is 22.2. The number of carboxylic acid groups (broad SMARTS) is 1. The van der Waals surface area contributed by atoms with Crippen molar-refractivity contribution in [2.24, 2.45) is 0 Å². The number of hydrogen-bond acceptors (Lipinski definition) is 6. The molecule has 0 radical (unpaired) electrons. The molecule has 0 saturated heterocycles. The molecule has 0 fully saturated rings. The highest BCUT2D eigenvalue weighted by atomic mass is 32.2. The molecule has 9 heteroatoms. The van der Waals surface area contributed by atoms with Gasteiger partial charge in [0.15, 0.2) is 5.16 Å². The maximum Gasteiger partial charge on any atom is 0.328 e. The zero-order valence-electron chi connectivity index (χ0n) is 10.6. The number of carbonyl (C=O) groups excluding carboxylic acids is 1. The van der Waals surface area contributed by atoms with Crippen LogP contribution in [0.15, 0.2) is 11.5 Å². The number of aromatic nitrogens is 3. The molecule has 0 spiro atoms. The SMILES string of the molecule is CC(C)n1cnnc1SCC(=O)NC(CO)C(=O)O. The van der Waals surface area contributed by atoms with Gasteiger partial charge in [-0.1, -0.05) is 11.8 Å². The lowest BCUT2D eigenvalue weighted by molar-refractivity contribution is -0.142. The number of nitrogens with one attached hydrogen (secondary N) is 1. The normalized spacial score (nSPS) is 12.4. The molecule has 8 nitrogen and oxygen atoms in total. The highest BCUT2D eigenvalue weighted by Crippen LogP contribution is 2.18. The van der Waals surface area contributed by atoms with Crippen LogP contribution in [0.1, 0.15) is 19.9 Å². The number of carbonyl (C=O) groups is 2. The van der Waals surface area contributed by atoms with E-state index < -0.39 is 24.5 Å². The van der Waals surface area contributed by atoms with Crippen molar-refractivity contribution < 1.29 is 19.8 Å². The lowest BCUT2D eigenvalue weighted by Crippen LogP contribution is -2.44. The average Bonchev–Trinajstić information content (AvgIpc) is 2.81. The molecule has 1 atom stereocenters. The Balaban J connectivity index is 2.50. The van der Waals surface area contributed by atoms with Crippen LogP contribution in [0.3, 0.4) is 0 Å². The van der Waals surface area contributed by atoms with Crippen molar-refractivity contribution in [2.75, 3.05) is 12.4 Å². The number of nitrogens with zero attached hydrogens (tertiary/aromatic N) is 3. The summed E-state index contributed by atoms with van der Waals surface area (Å²) in [5.74, 6) is -1.74. The number of aliphatic hydroxyl groups excluding tert-OH is 1. The predicted octanol–water partition coefficient (Wildman–Crippen LogP) is -0.487. The molecule has 0 aromatic carbocycles. The summed E-state index contributed by atoms with van der Waals surface area (Å²) in [6.07, 6.45) is 1.57. The zero-order valence-corrected chi connectivity index (χ0v) is 11.4. The number of aliphatic carboxylic acids is 1. The Kier molecular flexibility index (Phi) is 5.77. The first kappa shape index (κ1) is 15.4. The van der Waals surface area contributed by atoms with Crippen LogP contribution >= 0.6 is 11.8 Å². The fourth-order valence-corrected chi connectivity index (χ4v) is 2.10. The summed E-state index contributed by atoms with van der Waals surface area (Å²) in [5.41, 5.74) is 0. The van der Waals surface area contributed by atoms with Crippen LogP contribution in [0.5, 0.6) is 0 Å². The summed E-state index contributed by atoms with van der Waals surface area (Å²) in [7, 11) is 0. The highest BCUT2D eigenvalue weighted by Gasteiger charge is 2.19. The minimum Gasteiger partial charge on any atom is -0.480 e. The van der Waals surface area contributed by atoms with Crippen molar-refractivity contribution in [1.82, 2.24) is 20.1 Å². The molecule has 0 aliphatic heterocycles. The van der Waals surface area contributed by atoms with E-state index in [9.17, 15) is 9.59 Å². The van der Waals surface area contributed by atoms with Crippen LogP contribution in [-0.4, -0.2) is 55.3 Å². The first-order chi connectivity index (χ1) is 8.95. The van der Waals surface area contributed by atoms with Crippen molar-refractivity contribution in [3.63, 3.8) is 0 Å². The topological polar surface area (TPSA) is 117 Å². The first-order valence-corrected chi connectivity index (χ1v) is 6.59. The van der Waals surface area contributed by atoms with Gasteiger partial charge in [0.2, 0.25) is 5.91 Å². The lowest BCUT2D eigenvalue weighted by Gasteiger charge is -2.12. The smallest absolute Gasteiger partial charge is 0.328 e. The molecule has 0 bridgehead atoms. The van der Waals surface area contributed by atoms with E-state index in [0.29, 0.717) is 5.16 Å². The van der Waals surface area contributed by atoms with Crippen molar-refractivity contribution >= 4 is 23.6 Å². The van der Waals surface area contributed by atoms with Gasteiger partial charge in [0.05, 0.1) is 12.4 Å². The standard InChI is InChI=1S/C10H16N4O4S/c1-6(2)14-5-11-13-10(14)19-4-8(16)12-7(3-15)9(17)18/h5-7,15H,3-4H2,1-2H3,(H,12,16)(H,17,18). The number of carboxylic acids is 1. The molecule has 19 heavy (non-hydrogen) atoms. The highest BCUT2D eigenvalue weighted by molar-refractivity contribution is 7.99. The van der Waals surface area contributed by atoms with Crippen LogP contribution in [0, 0.1) is 0 Å². The number of amides is 1. The molecule has 1 rings (SSSR count). The van der Waals surface area contributed by atoms with Gasteiger partial charge >= 0.3 is 5.97 Å². The number of hydrogen-bond donors (Lipinski definition) is 3. The van der Waals surface area contributed by atoms with Crippen molar-refractivity contribution in [3.05, 3.63) is 6.33 Å². The second kappa shape index (κ2) is 7.10. The largest absolute Gasteiger partial charge is 0.480 e. The maximum atomic E-state index is 11.5. The molecule has 1 aromatic rings. The Bertz CT molecular complexity index is 448. The summed E-state index contributed by atoms with van der Waals surface area (Å²) in [6.45, 7) is 3.27. The van der Waals surface area contributed by atoms with E-state index in [1.807, 2.05) is 13.8 Å². The van der Waals surface area contributed by atoms with Crippen LogP contribution < -0.4 is 5.32 Å². The Morgan fingerprint density at radius 1 is 1.53 bits per heavy atom. The molecule has 106 valence electrons. The summed E-state index contributed by atoms with van der Waals surface area (Å²) in [6, 6.07) is -1.11. The number of rotatable bonds is 7. The third-order valence-corrected chi connectivity index (χ3v) is 3.20. The molecular formula is C10H16N4O4S. The molecule has 1 unspecified atom stereocenters. The average molecular weight is 288 g/mol. The van der Waals surface area contributed by atoms with Gasteiger partial charge in [0, 0.05) is 6.04 Å². The Morgan fingerprint density at radius 2 is 2.21 bits per heavy atom. The summed E-state index contributed by atoms with van der Waals surface area (Å²) < 4.78 is 1.80. The molecule has 1 heterocycles. The summed E-state index contributed by atoms with van der Waals surface area (Å²) >= 11 is 1.16. The second-order valence-corrected chi connectivity index (χ2v) is 4.99. The summed E-state index contributed by atoms with van der Waals surface area (Å²) in [5, 5.41) is 27.9. The minimum absolute atomic E-state index is 0.00912. The van der Waals surface area contributed by atoms with Gasteiger partial charge in [-0.2, -0.15) is 0 Å². The Hall–Kier alpha value is -1.61. The van der Waals surface area contributed by atoms with Crippen LogP contribution in [0.2, 0.25) is 0 Å². The van der Waals surface area contributed by atoms with E-state index in [2.05, 4.69) is 15.5 Å². The quantitative estimate of drug-likeness (QED) is 0.580. The molecule has 1 aromatic heterocycles. The maximum absolute atomic E-state index is 11.5. The van der Waals surface area contributed by atoms with Gasteiger partial charge in [-0.05, 0) is 13.8 Å². The van der Waals surface area contributed by atoms with Crippen molar-refractivity contribution in [3.8, 4) is 0 Å². The van der Waals surface area contributed by atoms with Crippen LogP contribution in [0.4, 0.5) is 0 Å². The third kappa shape index (κ3) is 4.52. The van der Waals surface area contributed by atoms with E-state index in [1.165, 1.54) is 0 Å². The van der Waals surface area contributed by atoms with Gasteiger partial charge in [0.25, 0.3) is 0 Å². The molecule has 0 saturated carbocycles. The van der Waals surface area contributed by atoms with Gasteiger partial charge < -0.3 is 20.1 Å². The van der Waals surface area contributed by atoms with E-state index in [-0.39, 0.29) is 11.8 Å². The van der Waals surface area contributed by atoms with Gasteiger partial charge in [-0.25, -0.2) is 4.79 Å².